The fourth-order valence-electron chi connectivity index (χ4n) is 0.937. The molecule has 1 heterocycles. The summed E-state index contributed by atoms with van der Waals surface area (Å²) in [6.07, 6.45) is 9.04. The molecule has 0 unspecified atom stereocenters. The number of hydrogen-bond donors (Lipinski definition) is 1. The van der Waals surface area contributed by atoms with Crippen molar-refractivity contribution in [2.75, 3.05) is 0 Å². The summed E-state index contributed by atoms with van der Waals surface area (Å²) in [5.74, 6) is 0. The van der Waals surface area contributed by atoms with E-state index >= 15 is 0 Å². The highest BCUT2D eigenvalue weighted by molar-refractivity contribution is 5.50. The van der Waals surface area contributed by atoms with E-state index < -0.39 is 0 Å². The van der Waals surface area contributed by atoms with Crippen LogP contribution in [0.3, 0.4) is 0 Å². The minimum atomic E-state index is 0.516. The Morgan fingerprint density at radius 2 is 2.00 bits per heavy atom. The Kier molecular flexibility index (Phi) is 4.10. The summed E-state index contributed by atoms with van der Waals surface area (Å²) in [6, 6.07) is 5.74. The fraction of sp³-hybridized carbons (Fsp3) is 0. The topological polar surface area (TPSA) is 38.9 Å². The van der Waals surface area contributed by atoms with E-state index in [1.54, 1.807) is 12.3 Å². The number of aromatic nitrogens is 1. The molecule has 2 nitrogen and oxygen atoms in total. The Bertz CT molecular complexity index is 400. The number of rotatable bonds is 4. The van der Waals surface area contributed by atoms with Gasteiger partial charge in [-0.25, -0.2) is 0 Å². The van der Waals surface area contributed by atoms with Gasteiger partial charge in [0.15, 0.2) is 0 Å². The van der Waals surface area contributed by atoms with Crippen LogP contribution < -0.4 is 5.73 Å². The van der Waals surface area contributed by atoms with Gasteiger partial charge >= 0.3 is 0 Å². The fourth-order valence-corrected chi connectivity index (χ4v) is 0.937. The first kappa shape index (κ1) is 11.0. The van der Waals surface area contributed by atoms with E-state index in [1.807, 2.05) is 36.4 Å². The number of hydrogen-bond acceptors (Lipinski definition) is 2. The average Bonchev–Trinajstić information content (AvgIpc) is 2.25. The van der Waals surface area contributed by atoms with E-state index in [-0.39, 0.29) is 0 Å². The third kappa shape index (κ3) is 4.62. The number of nitrogens with zero attached hydrogens (tertiary/aromatic N) is 1. The maximum absolute atomic E-state index is 5.39. The minimum absolute atomic E-state index is 0.516. The van der Waals surface area contributed by atoms with E-state index in [4.69, 9.17) is 5.73 Å². The van der Waals surface area contributed by atoms with Gasteiger partial charge < -0.3 is 5.73 Å². The van der Waals surface area contributed by atoms with Gasteiger partial charge in [0.1, 0.15) is 0 Å². The molecule has 0 spiro atoms. The summed E-state index contributed by atoms with van der Waals surface area (Å²) < 4.78 is 0. The molecule has 0 amide bonds. The molecule has 15 heavy (non-hydrogen) atoms. The molecular weight excluding hydrogens is 184 g/mol. The van der Waals surface area contributed by atoms with Gasteiger partial charge in [0.05, 0.1) is 5.69 Å². The van der Waals surface area contributed by atoms with Crippen molar-refractivity contribution in [2.24, 2.45) is 5.73 Å². The molecule has 2 heteroatoms. The molecule has 0 radical (unpaired) electrons. The molecule has 2 N–H and O–H groups in total. The molecule has 0 aromatic carbocycles. The van der Waals surface area contributed by atoms with Gasteiger partial charge in [-0.2, -0.15) is 0 Å². The van der Waals surface area contributed by atoms with Gasteiger partial charge in [0.25, 0.3) is 0 Å². The second kappa shape index (κ2) is 5.60. The summed E-state index contributed by atoms with van der Waals surface area (Å²) >= 11 is 0. The second-order valence-corrected chi connectivity index (χ2v) is 3.07. The molecule has 76 valence electrons. The molecule has 0 bridgehead atoms. The lowest BCUT2D eigenvalue weighted by atomic mass is 10.2. The van der Waals surface area contributed by atoms with E-state index in [9.17, 15) is 0 Å². The predicted molar refractivity (Wildman–Crippen MR) is 64.9 cm³/mol. The highest BCUT2D eigenvalue weighted by atomic mass is 14.6. The van der Waals surface area contributed by atoms with E-state index in [1.165, 1.54) is 0 Å². The lowest BCUT2D eigenvalue weighted by Crippen LogP contribution is -1.88. The summed E-state index contributed by atoms with van der Waals surface area (Å²) in [5, 5.41) is 0. The molecule has 0 aliphatic heterocycles. The zero-order valence-corrected chi connectivity index (χ0v) is 8.56. The van der Waals surface area contributed by atoms with Crippen molar-refractivity contribution in [3.05, 3.63) is 72.7 Å². The zero-order chi connectivity index (χ0) is 11.1. The second-order valence-electron chi connectivity index (χ2n) is 3.07. The van der Waals surface area contributed by atoms with Crippen LogP contribution in [0.25, 0.3) is 6.08 Å². The molecule has 0 fully saturated rings. The standard InChI is InChI=1S/C13H14N2/c1-11(6-8-12(2)14)7-9-13-5-3-4-10-15-13/h3-10H,1-2,14H2/b8-6-,9-7+. The Morgan fingerprint density at radius 1 is 1.20 bits per heavy atom. The summed E-state index contributed by atoms with van der Waals surface area (Å²) in [7, 11) is 0. The zero-order valence-electron chi connectivity index (χ0n) is 8.56. The van der Waals surface area contributed by atoms with Crippen LogP contribution in [0.4, 0.5) is 0 Å². The van der Waals surface area contributed by atoms with Crippen molar-refractivity contribution in [3.63, 3.8) is 0 Å². The maximum atomic E-state index is 5.39. The van der Waals surface area contributed by atoms with Gasteiger partial charge in [-0.3, -0.25) is 4.98 Å². The van der Waals surface area contributed by atoms with Crippen LogP contribution in [-0.4, -0.2) is 4.98 Å². The maximum Gasteiger partial charge on any atom is 0.0629 e. The number of pyridine rings is 1. The molecule has 0 atom stereocenters. The molecule has 0 aliphatic rings. The Labute approximate surface area is 90.2 Å². The first-order chi connectivity index (χ1) is 7.18. The molecular formula is C13H14N2. The number of allylic oxidation sites excluding steroid dienone is 4. The van der Waals surface area contributed by atoms with Crippen LogP contribution in [0.1, 0.15) is 5.69 Å². The van der Waals surface area contributed by atoms with Crippen molar-refractivity contribution in [3.8, 4) is 0 Å². The minimum Gasteiger partial charge on any atom is -0.399 e. The normalized spacial score (nSPS) is 10.9. The van der Waals surface area contributed by atoms with E-state index in [2.05, 4.69) is 18.1 Å². The van der Waals surface area contributed by atoms with E-state index in [0.29, 0.717) is 5.70 Å². The van der Waals surface area contributed by atoms with Crippen molar-refractivity contribution in [1.82, 2.24) is 4.98 Å². The molecule has 0 saturated heterocycles. The highest BCUT2D eigenvalue weighted by Crippen LogP contribution is 2.02. The lowest BCUT2D eigenvalue weighted by Gasteiger charge is -1.92. The van der Waals surface area contributed by atoms with Crippen molar-refractivity contribution < 1.29 is 0 Å². The Balaban J connectivity index is 2.59. The Morgan fingerprint density at radius 3 is 2.60 bits per heavy atom. The number of nitrogens with two attached hydrogens (primary N) is 1. The summed E-state index contributed by atoms with van der Waals surface area (Å²) in [6.45, 7) is 7.40. The van der Waals surface area contributed by atoms with Gasteiger partial charge in [0.2, 0.25) is 0 Å². The molecule has 0 aliphatic carbocycles. The summed E-state index contributed by atoms with van der Waals surface area (Å²) in [5.41, 5.74) is 7.66. The van der Waals surface area contributed by atoms with Crippen LogP contribution in [0, 0.1) is 0 Å². The molecule has 1 aromatic heterocycles. The highest BCUT2D eigenvalue weighted by Gasteiger charge is 1.85. The van der Waals surface area contributed by atoms with Crippen LogP contribution in [0.2, 0.25) is 0 Å². The SMILES string of the molecule is C=C(N)/C=C\C(=C)/C=C/c1ccccn1. The lowest BCUT2D eigenvalue weighted by molar-refractivity contribution is 1.29. The first-order valence-corrected chi connectivity index (χ1v) is 4.59. The van der Waals surface area contributed by atoms with Crippen LogP contribution in [0.5, 0.6) is 0 Å². The van der Waals surface area contributed by atoms with Gasteiger partial charge in [-0.05, 0) is 29.9 Å². The molecule has 1 rings (SSSR count). The van der Waals surface area contributed by atoms with Gasteiger partial charge in [0, 0.05) is 11.9 Å². The largest absolute Gasteiger partial charge is 0.399 e. The van der Waals surface area contributed by atoms with Gasteiger partial charge in [-0.15, -0.1) is 0 Å². The molecule has 1 aromatic rings. The van der Waals surface area contributed by atoms with Gasteiger partial charge in [-0.1, -0.05) is 31.4 Å². The third-order valence-electron chi connectivity index (χ3n) is 1.67. The predicted octanol–water partition coefficient (Wildman–Crippen LogP) is 2.68. The molecule has 0 saturated carbocycles. The first-order valence-electron chi connectivity index (χ1n) is 4.59. The summed E-state index contributed by atoms with van der Waals surface area (Å²) in [4.78, 5) is 4.15. The van der Waals surface area contributed by atoms with Crippen molar-refractivity contribution >= 4 is 6.08 Å². The quantitative estimate of drug-likeness (QED) is 0.755. The van der Waals surface area contributed by atoms with Crippen molar-refractivity contribution in [1.29, 1.82) is 0 Å². The van der Waals surface area contributed by atoms with Crippen molar-refractivity contribution in [2.45, 2.75) is 0 Å². The smallest absolute Gasteiger partial charge is 0.0629 e. The van der Waals surface area contributed by atoms with Crippen LogP contribution >= 0.6 is 0 Å². The van der Waals surface area contributed by atoms with E-state index in [0.717, 1.165) is 11.3 Å². The third-order valence-corrected chi connectivity index (χ3v) is 1.67. The average molecular weight is 198 g/mol. The Hall–Kier alpha value is -2.09. The van der Waals surface area contributed by atoms with Crippen LogP contribution in [-0.2, 0) is 0 Å². The van der Waals surface area contributed by atoms with Crippen LogP contribution in [0.15, 0.2) is 67.1 Å². The monoisotopic (exact) mass is 198 g/mol.